The highest BCUT2D eigenvalue weighted by molar-refractivity contribution is 5.96. The second-order valence-corrected chi connectivity index (χ2v) is 6.65. The Labute approximate surface area is 168 Å². The van der Waals surface area contributed by atoms with Crippen molar-refractivity contribution in [1.29, 1.82) is 0 Å². The van der Waals surface area contributed by atoms with Gasteiger partial charge in [0.15, 0.2) is 0 Å². The Bertz CT molecular complexity index is 1040. The first-order valence-electron chi connectivity index (χ1n) is 9.09. The van der Waals surface area contributed by atoms with Gasteiger partial charge in [0.25, 0.3) is 0 Å². The number of nitrogens with zero attached hydrogens (tertiary/aromatic N) is 2. The first-order chi connectivity index (χ1) is 14.0. The maximum absolute atomic E-state index is 14.5. The van der Waals surface area contributed by atoms with Gasteiger partial charge in [-0.15, -0.1) is 0 Å². The lowest BCUT2D eigenvalue weighted by atomic mass is 10.0. The van der Waals surface area contributed by atoms with E-state index >= 15 is 0 Å². The van der Waals surface area contributed by atoms with E-state index in [0.29, 0.717) is 28.4 Å². The highest BCUT2D eigenvalue weighted by Crippen LogP contribution is 2.37. The summed E-state index contributed by atoms with van der Waals surface area (Å²) in [6.07, 6.45) is 3.00. The number of carbonyl (C=O) groups is 1. The molecule has 2 aromatic heterocycles. The van der Waals surface area contributed by atoms with Gasteiger partial charge in [-0.05, 0) is 24.1 Å². The van der Waals surface area contributed by atoms with Crippen molar-refractivity contribution in [1.82, 2.24) is 9.97 Å². The maximum Gasteiger partial charge on any atom is 0.341 e. The topological polar surface area (TPSA) is 73.3 Å². The zero-order chi connectivity index (χ0) is 21.0. The zero-order valence-corrected chi connectivity index (χ0v) is 16.7. The number of methoxy groups -OCH3 is 2. The molecule has 2 heterocycles. The number of carbonyl (C=O) groups excluding carboxylic acids is 1. The molecule has 1 aromatic carbocycles. The standard InChI is InChI=1S/C22H22FN3O3/c1-13(2)20-19(25-18-9-10-24-12-16(18)22(27)29-4)11-15(21(26-20)28-3)14-7-5-6-8-17(14)23/h5-13H,1-4H3,(H,24,25). The smallest absolute Gasteiger partial charge is 0.341 e. The van der Waals surface area contributed by atoms with E-state index in [1.807, 2.05) is 13.8 Å². The third kappa shape index (κ3) is 4.18. The fourth-order valence-electron chi connectivity index (χ4n) is 3.00. The number of halogens is 1. The molecule has 0 amide bonds. The molecule has 150 valence electrons. The maximum atomic E-state index is 14.5. The predicted molar refractivity (Wildman–Crippen MR) is 109 cm³/mol. The van der Waals surface area contributed by atoms with Crippen LogP contribution in [-0.2, 0) is 4.74 Å². The average Bonchev–Trinajstić information content (AvgIpc) is 2.73. The summed E-state index contributed by atoms with van der Waals surface area (Å²) < 4.78 is 24.7. The number of nitrogens with one attached hydrogen (secondary N) is 1. The van der Waals surface area contributed by atoms with Crippen molar-refractivity contribution < 1.29 is 18.7 Å². The van der Waals surface area contributed by atoms with Crippen molar-refractivity contribution >= 4 is 17.3 Å². The molecule has 3 aromatic rings. The van der Waals surface area contributed by atoms with Crippen molar-refractivity contribution in [3.05, 3.63) is 65.9 Å². The van der Waals surface area contributed by atoms with Crippen molar-refractivity contribution in [2.45, 2.75) is 19.8 Å². The van der Waals surface area contributed by atoms with Crippen LogP contribution in [0.1, 0.15) is 35.8 Å². The van der Waals surface area contributed by atoms with Crippen LogP contribution in [0.4, 0.5) is 15.8 Å². The van der Waals surface area contributed by atoms with Crippen LogP contribution in [0.25, 0.3) is 11.1 Å². The van der Waals surface area contributed by atoms with Gasteiger partial charge in [-0.2, -0.15) is 0 Å². The van der Waals surface area contributed by atoms with Crippen molar-refractivity contribution in [3.8, 4) is 17.0 Å². The Morgan fingerprint density at radius 1 is 1.10 bits per heavy atom. The summed E-state index contributed by atoms with van der Waals surface area (Å²) >= 11 is 0. The minimum Gasteiger partial charge on any atom is -0.481 e. The largest absolute Gasteiger partial charge is 0.481 e. The van der Waals surface area contributed by atoms with Crippen LogP contribution in [0.15, 0.2) is 48.8 Å². The number of rotatable bonds is 6. The Morgan fingerprint density at radius 2 is 1.86 bits per heavy atom. The molecule has 1 N–H and O–H groups in total. The van der Waals surface area contributed by atoms with Crippen molar-refractivity contribution in [2.75, 3.05) is 19.5 Å². The minimum atomic E-state index is -0.512. The molecule has 7 heteroatoms. The van der Waals surface area contributed by atoms with Gasteiger partial charge in [0.05, 0.1) is 31.3 Å². The molecule has 0 radical (unpaired) electrons. The van der Waals surface area contributed by atoms with Gasteiger partial charge in [-0.25, -0.2) is 14.2 Å². The predicted octanol–water partition coefficient (Wildman–Crippen LogP) is 4.94. The molecule has 0 aliphatic carbocycles. The molecule has 3 rings (SSSR count). The van der Waals surface area contributed by atoms with Gasteiger partial charge in [-0.3, -0.25) is 4.98 Å². The monoisotopic (exact) mass is 395 g/mol. The molecule has 0 saturated carbocycles. The van der Waals surface area contributed by atoms with Crippen LogP contribution < -0.4 is 10.1 Å². The van der Waals surface area contributed by atoms with Crippen LogP contribution in [0.5, 0.6) is 5.88 Å². The molecule has 0 aliphatic rings. The van der Waals surface area contributed by atoms with E-state index in [2.05, 4.69) is 15.3 Å². The highest BCUT2D eigenvalue weighted by atomic mass is 19.1. The van der Waals surface area contributed by atoms with Crippen molar-refractivity contribution in [3.63, 3.8) is 0 Å². The van der Waals surface area contributed by atoms with Crippen LogP contribution in [0.2, 0.25) is 0 Å². The Kier molecular flexibility index (Phi) is 6.07. The van der Waals surface area contributed by atoms with E-state index in [-0.39, 0.29) is 17.3 Å². The van der Waals surface area contributed by atoms with Crippen LogP contribution in [0.3, 0.4) is 0 Å². The quantitative estimate of drug-likeness (QED) is 0.596. The average molecular weight is 395 g/mol. The molecule has 0 aliphatic heterocycles. The van der Waals surface area contributed by atoms with Gasteiger partial charge in [0.1, 0.15) is 11.4 Å². The summed E-state index contributed by atoms with van der Waals surface area (Å²) in [5.74, 6) is -0.519. The van der Waals surface area contributed by atoms with Gasteiger partial charge < -0.3 is 14.8 Å². The summed E-state index contributed by atoms with van der Waals surface area (Å²) in [7, 11) is 2.81. The number of pyridine rings is 2. The lowest BCUT2D eigenvalue weighted by Gasteiger charge is -2.19. The molecule has 0 unspecified atom stereocenters. The first-order valence-corrected chi connectivity index (χ1v) is 9.09. The molecule has 0 bridgehead atoms. The summed E-state index contributed by atoms with van der Waals surface area (Å²) in [4.78, 5) is 20.7. The highest BCUT2D eigenvalue weighted by Gasteiger charge is 2.20. The first kappa shape index (κ1) is 20.3. The lowest BCUT2D eigenvalue weighted by Crippen LogP contribution is -2.09. The molecular weight excluding hydrogens is 373 g/mol. The third-order valence-corrected chi connectivity index (χ3v) is 4.42. The molecule has 0 fully saturated rings. The minimum absolute atomic E-state index is 0.0458. The molecule has 0 saturated heterocycles. The summed E-state index contributed by atoms with van der Waals surface area (Å²) in [5, 5.41) is 3.24. The van der Waals surface area contributed by atoms with Crippen molar-refractivity contribution in [2.24, 2.45) is 0 Å². The molecule has 29 heavy (non-hydrogen) atoms. The lowest BCUT2D eigenvalue weighted by molar-refractivity contribution is 0.0601. The zero-order valence-electron chi connectivity index (χ0n) is 16.7. The Hall–Kier alpha value is -3.48. The molecule has 0 atom stereocenters. The van der Waals surface area contributed by atoms with E-state index in [4.69, 9.17) is 9.47 Å². The number of anilines is 2. The number of ether oxygens (including phenoxy) is 2. The van der Waals surface area contributed by atoms with Gasteiger partial charge in [0, 0.05) is 23.5 Å². The fraction of sp³-hybridized carbons (Fsp3) is 0.227. The van der Waals surface area contributed by atoms with E-state index in [1.54, 1.807) is 36.5 Å². The number of benzene rings is 1. The SMILES string of the molecule is COC(=O)c1cnccc1Nc1cc(-c2ccccc2F)c(OC)nc1C(C)C. The van der Waals surface area contributed by atoms with E-state index in [9.17, 15) is 9.18 Å². The summed E-state index contributed by atoms with van der Waals surface area (Å²) in [6.45, 7) is 3.98. The Balaban J connectivity index is 2.17. The third-order valence-electron chi connectivity index (χ3n) is 4.42. The molecule has 0 spiro atoms. The van der Waals surface area contributed by atoms with Gasteiger partial charge in [-0.1, -0.05) is 32.0 Å². The van der Waals surface area contributed by atoms with Crippen LogP contribution in [-0.4, -0.2) is 30.2 Å². The van der Waals surface area contributed by atoms with Crippen LogP contribution >= 0.6 is 0 Å². The van der Waals surface area contributed by atoms with E-state index < -0.39 is 5.97 Å². The summed E-state index contributed by atoms with van der Waals surface area (Å²) in [6, 6.07) is 9.88. The van der Waals surface area contributed by atoms with Gasteiger partial charge in [0.2, 0.25) is 5.88 Å². The number of aromatic nitrogens is 2. The van der Waals surface area contributed by atoms with E-state index in [1.165, 1.54) is 26.5 Å². The molecule has 6 nitrogen and oxygen atoms in total. The Morgan fingerprint density at radius 3 is 2.52 bits per heavy atom. The second kappa shape index (κ2) is 8.68. The summed E-state index contributed by atoms with van der Waals surface area (Å²) in [5.41, 5.74) is 3.03. The normalized spacial score (nSPS) is 10.7. The number of esters is 1. The number of hydrogen-bond acceptors (Lipinski definition) is 6. The van der Waals surface area contributed by atoms with Gasteiger partial charge >= 0.3 is 5.97 Å². The second-order valence-electron chi connectivity index (χ2n) is 6.65. The fourth-order valence-corrected chi connectivity index (χ4v) is 3.00. The van der Waals surface area contributed by atoms with E-state index in [0.717, 1.165) is 5.69 Å². The van der Waals surface area contributed by atoms with Crippen LogP contribution in [0, 0.1) is 5.82 Å². The molecular formula is C22H22FN3O3. The number of hydrogen-bond donors (Lipinski definition) is 1.